The first-order valence-corrected chi connectivity index (χ1v) is 10.00. The fourth-order valence-electron chi connectivity index (χ4n) is 3.26. The van der Waals surface area contributed by atoms with E-state index >= 15 is 0 Å². The molecule has 0 saturated carbocycles. The molecule has 148 valence electrons. The van der Waals surface area contributed by atoms with Crippen molar-refractivity contribution in [2.24, 2.45) is 0 Å². The van der Waals surface area contributed by atoms with Crippen molar-refractivity contribution in [3.8, 4) is 5.75 Å². The Kier molecular flexibility index (Phi) is 6.93. The molecule has 6 heteroatoms. The fourth-order valence-corrected chi connectivity index (χ4v) is 3.44. The molecule has 0 unspecified atom stereocenters. The third-order valence-corrected chi connectivity index (χ3v) is 5.37. The standard InChI is InChI=1S/C22H25ClN2O3/c1-16-18(23)10-8-11-19(16)24-22(27)17-9-4-5-12-20(17)28-15-21(26)25-13-6-2-3-7-14-25/h4-5,8-12H,2-3,6-7,13-15H2,1H3,(H,24,27). The normalized spacial score (nSPS) is 14.3. The number of hydrogen-bond donors (Lipinski definition) is 1. The maximum absolute atomic E-state index is 12.8. The van der Waals surface area contributed by atoms with E-state index in [1.165, 1.54) is 0 Å². The lowest BCUT2D eigenvalue weighted by Gasteiger charge is -2.20. The third kappa shape index (κ3) is 5.04. The molecule has 3 rings (SSSR count). The number of anilines is 1. The van der Waals surface area contributed by atoms with E-state index < -0.39 is 0 Å². The lowest BCUT2D eigenvalue weighted by Crippen LogP contribution is -2.35. The van der Waals surface area contributed by atoms with Gasteiger partial charge >= 0.3 is 0 Å². The van der Waals surface area contributed by atoms with E-state index in [1.54, 1.807) is 42.5 Å². The van der Waals surface area contributed by atoms with E-state index in [0.29, 0.717) is 22.0 Å². The van der Waals surface area contributed by atoms with Gasteiger partial charge in [0.25, 0.3) is 11.8 Å². The zero-order chi connectivity index (χ0) is 19.9. The second-order valence-corrected chi connectivity index (χ2v) is 7.35. The SMILES string of the molecule is Cc1c(Cl)cccc1NC(=O)c1ccccc1OCC(=O)N1CCCCCC1. The smallest absolute Gasteiger partial charge is 0.260 e. The van der Waals surface area contributed by atoms with Crippen LogP contribution in [0.15, 0.2) is 42.5 Å². The summed E-state index contributed by atoms with van der Waals surface area (Å²) < 4.78 is 5.73. The molecular formula is C22H25ClN2O3. The Morgan fingerprint density at radius 3 is 2.50 bits per heavy atom. The number of nitrogens with one attached hydrogen (secondary N) is 1. The first kappa shape index (κ1) is 20.2. The summed E-state index contributed by atoms with van der Waals surface area (Å²) in [5.41, 5.74) is 1.82. The highest BCUT2D eigenvalue weighted by molar-refractivity contribution is 6.31. The van der Waals surface area contributed by atoms with Crippen molar-refractivity contribution in [1.29, 1.82) is 0 Å². The Hall–Kier alpha value is -2.53. The minimum atomic E-state index is -0.303. The molecular weight excluding hydrogens is 376 g/mol. The predicted molar refractivity (Wildman–Crippen MR) is 111 cm³/mol. The van der Waals surface area contributed by atoms with Gasteiger partial charge in [-0.15, -0.1) is 0 Å². The zero-order valence-corrected chi connectivity index (χ0v) is 16.8. The van der Waals surface area contributed by atoms with Crippen LogP contribution in [0.5, 0.6) is 5.75 Å². The number of rotatable bonds is 5. The molecule has 5 nitrogen and oxygen atoms in total. The first-order valence-electron chi connectivity index (χ1n) is 9.62. The Labute approximate surface area is 170 Å². The average molecular weight is 401 g/mol. The number of nitrogens with zero attached hydrogens (tertiary/aromatic N) is 1. The highest BCUT2D eigenvalue weighted by atomic mass is 35.5. The van der Waals surface area contributed by atoms with Gasteiger partial charge < -0.3 is 15.0 Å². The molecule has 1 heterocycles. The molecule has 0 radical (unpaired) electrons. The number of benzene rings is 2. The maximum atomic E-state index is 12.8. The van der Waals surface area contributed by atoms with Crippen LogP contribution in [0.1, 0.15) is 41.6 Å². The summed E-state index contributed by atoms with van der Waals surface area (Å²) in [6.45, 7) is 3.33. The summed E-state index contributed by atoms with van der Waals surface area (Å²) >= 11 is 6.13. The molecule has 0 spiro atoms. The van der Waals surface area contributed by atoms with Crippen molar-refractivity contribution in [3.63, 3.8) is 0 Å². The van der Waals surface area contributed by atoms with E-state index in [0.717, 1.165) is 44.3 Å². The van der Waals surface area contributed by atoms with Crippen LogP contribution in [0.3, 0.4) is 0 Å². The van der Waals surface area contributed by atoms with E-state index in [9.17, 15) is 9.59 Å². The van der Waals surface area contributed by atoms with E-state index in [4.69, 9.17) is 16.3 Å². The molecule has 1 N–H and O–H groups in total. The van der Waals surface area contributed by atoms with Gasteiger partial charge in [-0.05, 0) is 49.6 Å². The van der Waals surface area contributed by atoms with Crippen LogP contribution in [0.2, 0.25) is 5.02 Å². The largest absolute Gasteiger partial charge is 0.483 e. The second kappa shape index (κ2) is 9.60. The number of halogens is 1. The van der Waals surface area contributed by atoms with Crippen LogP contribution in [0.4, 0.5) is 5.69 Å². The fraction of sp³-hybridized carbons (Fsp3) is 0.364. The summed E-state index contributed by atoms with van der Waals surface area (Å²) in [5.74, 6) is 0.0499. The third-order valence-electron chi connectivity index (χ3n) is 4.96. The lowest BCUT2D eigenvalue weighted by atomic mass is 10.1. The predicted octanol–water partition coefficient (Wildman–Crippen LogP) is 4.68. The molecule has 1 aliphatic rings. The summed E-state index contributed by atoms with van der Waals surface area (Å²) in [5, 5.41) is 3.46. The van der Waals surface area contributed by atoms with E-state index in [2.05, 4.69) is 5.32 Å². The summed E-state index contributed by atoms with van der Waals surface area (Å²) in [4.78, 5) is 27.1. The van der Waals surface area contributed by atoms with Gasteiger partial charge in [-0.3, -0.25) is 9.59 Å². The monoisotopic (exact) mass is 400 g/mol. The summed E-state index contributed by atoms with van der Waals surface area (Å²) in [7, 11) is 0. The van der Waals surface area contributed by atoms with E-state index in [-0.39, 0.29) is 18.4 Å². The number of likely N-dealkylation sites (tertiary alicyclic amines) is 1. The molecule has 28 heavy (non-hydrogen) atoms. The van der Waals surface area contributed by atoms with Crippen molar-refractivity contribution in [2.45, 2.75) is 32.6 Å². The Morgan fingerprint density at radius 2 is 1.75 bits per heavy atom. The van der Waals surface area contributed by atoms with Crippen LogP contribution in [0, 0.1) is 6.92 Å². The van der Waals surface area contributed by atoms with Crippen molar-refractivity contribution in [2.75, 3.05) is 25.0 Å². The van der Waals surface area contributed by atoms with Crippen LogP contribution in [0.25, 0.3) is 0 Å². The minimum absolute atomic E-state index is 0.0391. The zero-order valence-electron chi connectivity index (χ0n) is 16.0. The van der Waals surface area contributed by atoms with Crippen LogP contribution in [-0.2, 0) is 4.79 Å². The molecule has 0 atom stereocenters. The number of ether oxygens (including phenoxy) is 1. The lowest BCUT2D eigenvalue weighted by molar-refractivity contribution is -0.133. The summed E-state index contributed by atoms with van der Waals surface area (Å²) in [6, 6.07) is 12.3. The topological polar surface area (TPSA) is 58.6 Å². The number of amides is 2. The molecule has 2 amide bonds. The molecule has 0 bridgehead atoms. The molecule has 2 aromatic carbocycles. The number of carbonyl (C=O) groups excluding carboxylic acids is 2. The first-order chi connectivity index (χ1) is 13.6. The van der Waals surface area contributed by atoms with Gasteiger partial charge in [-0.1, -0.05) is 42.6 Å². The highest BCUT2D eigenvalue weighted by Gasteiger charge is 2.18. The van der Waals surface area contributed by atoms with Gasteiger partial charge in [0.15, 0.2) is 6.61 Å². The molecule has 1 aliphatic heterocycles. The molecule has 0 aliphatic carbocycles. The minimum Gasteiger partial charge on any atom is -0.483 e. The number of carbonyl (C=O) groups is 2. The van der Waals surface area contributed by atoms with Gasteiger partial charge in [0.05, 0.1) is 5.56 Å². The van der Waals surface area contributed by atoms with Crippen molar-refractivity contribution in [1.82, 2.24) is 4.90 Å². The number of hydrogen-bond acceptors (Lipinski definition) is 3. The molecule has 2 aromatic rings. The van der Waals surface area contributed by atoms with Crippen LogP contribution >= 0.6 is 11.6 Å². The maximum Gasteiger partial charge on any atom is 0.260 e. The molecule has 1 fully saturated rings. The van der Waals surface area contributed by atoms with Crippen LogP contribution in [-0.4, -0.2) is 36.4 Å². The van der Waals surface area contributed by atoms with Gasteiger partial charge in [0.2, 0.25) is 0 Å². The average Bonchev–Trinajstić information content (AvgIpc) is 2.99. The number of para-hydroxylation sites is 1. The van der Waals surface area contributed by atoms with Gasteiger partial charge in [0.1, 0.15) is 5.75 Å². The molecule has 0 aromatic heterocycles. The van der Waals surface area contributed by atoms with Gasteiger partial charge in [-0.25, -0.2) is 0 Å². The summed E-state index contributed by atoms with van der Waals surface area (Å²) in [6.07, 6.45) is 4.39. The Morgan fingerprint density at radius 1 is 1.04 bits per heavy atom. The van der Waals surface area contributed by atoms with Gasteiger partial charge in [0, 0.05) is 23.8 Å². The highest BCUT2D eigenvalue weighted by Crippen LogP contribution is 2.25. The van der Waals surface area contributed by atoms with Crippen LogP contribution < -0.4 is 10.1 Å². The van der Waals surface area contributed by atoms with Crippen molar-refractivity contribution < 1.29 is 14.3 Å². The molecule has 1 saturated heterocycles. The Bertz CT molecular complexity index is 845. The van der Waals surface area contributed by atoms with Crippen molar-refractivity contribution in [3.05, 3.63) is 58.6 Å². The van der Waals surface area contributed by atoms with Crippen molar-refractivity contribution >= 4 is 29.1 Å². The quantitative estimate of drug-likeness (QED) is 0.792. The Balaban J connectivity index is 1.67. The van der Waals surface area contributed by atoms with Gasteiger partial charge in [-0.2, -0.15) is 0 Å². The van der Waals surface area contributed by atoms with E-state index in [1.807, 2.05) is 11.8 Å². The second-order valence-electron chi connectivity index (χ2n) is 6.95.